The van der Waals surface area contributed by atoms with Gasteiger partial charge in [-0.1, -0.05) is 0 Å². The Kier molecular flexibility index (Phi) is 5.73. The van der Waals surface area contributed by atoms with Crippen LogP contribution in [0.1, 0.15) is 60.3 Å². The van der Waals surface area contributed by atoms with E-state index in [-0.39, 0.29) is 25.0 Å². The first-order valence-electron chi connectivity index (χ1n) is 10.6. The van der Waals surface area contributed by atoms with Crippen LogP contribution in [0.4, 0.5) is 0 Å². The largest absolute Gasteiger partial charge is 0.466 e. The standard InChI is InChI=1S/C21H34N2O6/c1-6-28-18(27)14-13-17(26)23(11-7-8-12-24)15(16(25)22-19(2,3)4)21(13)10-9-20(14,5)29-21/h13-15,24H,6-12H2,1-5H3,(H,22,25)/t13-,14+,15?,20-,21?/m0/s1. The molecule has 3 aliphatic heterocycles. The highest BCUT2D eigenvalue weighted by Crippen LogP contribution is 2.63. The summed E-state index contributed by atoms with van der Waals surface area (Å²) in [4.78, 5) is 41.2. The summed E-state index contributed by atoms with van der Waals surface area (Å²) in [7, 11) is 0. The molecule has 0 saturated carbocycles. The van der Waals surface area contributed by atoms with Crippen LogP contribution >= 0.6 is 0 Å². The zero-order valence-corrected chi connectivity index (χ0v) is 18.1. The lowest BCUT2D eigenvalue weighted by Gasteiger charge is -2.35. The summed E-state index contributed by atoms with van der Waals surface area (Å²) in [5, 5.41) is 12.1. The van der Waals surface area contributed by atoms with E-state index in [0.29, 0.717) is 32.2 Å². The second-order valence-electron chi connectivity index (χ2n) is 9.68. The summed E-state index contributed by atoms with van der Waals surface area (Å²) in [6.07, 6.45) is 2.26. The topological polar surface area (TPSA) is 105 Å². The molecule has 3 fully saturated rings. The number of aliphatic hydroxyl groups is 1. The highest BCUT2D eigenvalue weighted by Gasteiger charge is 2.78. The van der Waals surface area contributed by atoms with E-state index in [1.165, 1.54) is 0 Å². The van der Waals surface area contributed by atoms with E-state index >= 15 is 0 Å². The summed E-state index contributed by atoms with van der Waals surface area (Å²) >= 11 is 0. The monoisotopic (exact) mass is 410 g/mol. The normalized spacial score (nSPS) is 35.7. The molecular formula is C21H34N2O6. The van der Waals surface area contributed by atoms with Gasteiger partial charge in [-0.25, -0.2) is 0 Å². The highest BCUT2D eigenvalue weighted by molar-refractivity contribution is 5.98. The van der Waals surface area contributed by atoms with E-state index < -0.39 is 40.6 Å². The van der Waals surface area contributed by atoms with Crippen LogP contribution in [0.3, 0.4) is 0 Å². The molecule has 29 heavy (non-hydrogen) atoms. The molecule has 3 heterocycles. The second kappa shape index (κ2) is 7.54. The number of amides is 2. The van der Waals surface area contributed by atoms with Crippen molar-refractivity contribution >= 4 is 17.8 Å². The first-order valence-corrected chi connectivity index (χ1v) is 10.6. The minimum Gasteiger partial charge on any atom is -0.466 e. The Bertz CT molecular complexity index is 689. The van der Waals surface area contributed by atoms with Gasteiger partial charge in [-0.2, -0.15) is 0 Å². The van der Waals surface area contributed by atoms with Gasteiger partial charge in [0.2, 0.25) is 11.8 Å². The number of esters is 1. The third kappa shape index (κ3) is 3.54. The molecular weight excluding hydrogens is 376 g/mol. The molecule has 8 heteroatoms. The Balaban J connectivity index is 2.00. The molecule has 2 bridgehead atoms. The molecule has 8 nitrogen and oxygen atoms in total. The fourth-order valence-corrected chi connectivity index (χ4v) is 5.39. The first kappa shape index (κ1) is 22.0. The van der Waals surface area contributed by atoms with Crippen molar-refractivity contribution < 1.29 is 29.0 Å². The van der Waals surface area contributed by atoms with Crippen molar-refractivity contribution in [2.45, 2.75) is 83.1 Å². The van der Waals surface area contributed by atoms with Crippen LogP contribution in [-0.4, -0.2) is 70.3 Å². The number of carbonyl (C=O) groups is 3. The number of ether oxygens (including phenoxy) is 2. The molecule has 2 unspecified atom stereocenters. The fourth-order valence-electron chi connectivity index (χ4n) is 5.39. The van der Waals surface area contributed by atoms with Crippen molar-refractivity contribution in [2.75, 3.05) is 19.8 Å². The van der Waals surface area contributed by atoms with Crippen LogP contribution in [0.5, 0.6) is 0 Å². The van der Waals surface area contributed by atoms with E-state index in [9.17, 15) is 14.4 Å². The molecule has 2 amide bonds. The van der Waals surface area contributed by atoms with E-state index in [1.54, 1.807) is 11.8 Å². The van der Waals surface area contributed by atoms with Gasteiger partial charge >= 0.3 is 5.97 Å². The predicted molar refractivity (Wildman–Crippen MR) is 105 cm³/mol. The number of likely N-dealkylation sites (tertiary alicyclic amines) is 1. The average molecular weight is 411 g/mol. The zero-order chi connectivity index (χ0) is 21.6. The SMILES string of the molecule is CCOC(=O)[C@H]1[C@H]2C(=O)N(CCCCO)C(C(=O)NC(C)(C)C)C23CC[C@]1(C)O3. The summed E-state index contributed by atoms with van der Waals surface area (Å²) in [6.45, 7) is 9.86. The van der Waals surface area contributed by atoms with Crippen molar-refractivity contribution in [2.24, 2.45) is 11.8 Å². The molecule has 0 aromatic heterocycles. The fraction of sp³-hybridized carbons (Fsp3) is 0.857. The van der Waals surface area contributed by atoms with Crippen LogP contribution in [0.2, 0.25) is 0 Å². The molecule has 3 rings (SSSR count). The van der Waals surface area contributed by atoms with Crippen molar-refractivity contribution in [1.82, 2.24) is 10.2 Å². The van der Waals surface area contributed by atoms with Crippen molar-refractivity contribution in [3.8, 4) is 0 Å². The first-order chi connectivity index (χ1) is 13.5. The minimum atomic E-state index is -1.02. The van der Waals surface area contributed by atoms with E-state index in [2.05, 4.69) is 5.32 Å². The van der Waals surface area contributed by atoms with Crippen LogP contribution in [0, 0.1) is 11.8 Å². The van der Waals surface area contributed by atoms with Gasteiger partial charge in [-0.15, -0.1) is 0 Å². The van der Waals surface area contributed by atoms with Gasteiger partial charge in [-0.05, 0) is 60.3 Å². The number of hydrogen-bond donors (Lipinski definition) is 2. The van der Waals surface area contributed by atoms with E-state index in [1.807, 2.05) is 27.7 Å². The molecule has 0 aromatic carbocycles. The maximum Gasteiger partial charge on any atom is 0.312 e. The summed E-state index contributed by atoms with van der Waals surface area (Å²) in [5.74, 6) is -2.34. The molecule has 3 aliphatic rings. The number of nitrogens with zero attached hydrogens (tertiary/aromatic N) is 1. The Morgan fingerprint density at radius 1 is 1.31 bits per heavy atom. The number of unbranched alkanes of at least 4 members (excludes halogenated alkanes) is 1. The Morgan fingerprint density at radius 3 is 2.59 bits per heavy atom. The van der Waals surface area contributed by atoms with Gasteiger partial charge in [0.05, 0.1) is 18.1 Å². The third-order valence-corrected chi connectivity index (χ3v) is 6.37. The molecule has 0 radical (unpaired) electrons. The highest BCUT2D eigenvalue weighted by atomic mass is 16.6. The van der Waals surface area contributed by atoms with Crippen molar-refractivity contribution in [1.29, 1.82) is 0 Å². The molecule has 1 spiro atoms. The summed E-state index contributed by atoms with van der Waals surface area (Å²) < 4.78 is 11.7. The van der Waals surface area contributed by atoms with Gasteiger partial charge in [0.15, 0.2) is 0 Å². The van der Waals surface area contributed by atoms with Crippen LogP contribution < -0.4 is 5.32 Å². The van der Waals surface area contributed by atoms with Gasteiger partial charge < -0.3 is 24.8 Å². The number of nitrogens with one attached hydrogen (secondary N) is 1. The van der Waals surface area contributed by atoms with Crippen LogP contribution in [-0.2, 0) is 23.9 Å². The quantitative estimate of drug-likeness (QED) is 0.479. The van der Waals surface area contributed by atoms with Crippen molar-refractivity contribution in [3.63, 3.8) is 0 Å². The number of hydrogen-bond acceptors (Lipinski definition) is 6. The van der Waals surface area contributed by atoms with Gasteiger partial charge in [0.25, 0.3) is 0 Å². The molecule has 0 aliphatic carbocycles. The van der Waals surface area contributed by atoms with Gasteiger partial charge in [0, 0.05) is 18.7 Å². The summed E-state index contributed by atoms with van der Waals surface area (Å²) in [5.41, 5.74) is -2.28. The maximum absolute atomic E-state index is 13.5. The molecule has 3 saturated heterocycles. The third-order valence-electron chi connectivity index (χ3n) is 6.37. The van der Waals surface area contributed by atoms with E-state index in [0.717, 1.165) is 0 Å². The molecule has 164 valence electrons. The lowest BCUT2D eigenvalue weighted by Crippen LogP contribution is -2.58. The Labute approximate surface area is 172 Å². The minimum absolute atomic E-state index is 0.0233. The second-order valence-corrected chi connectivity index (χ2v) is 9.68. The number of aliphatic hydroxyl groups excluding tert-OH is 1. The lowest BCUT2D eigenvalue weighted by atomic mass is 9.66. The number of carbonyl (C=O) groups excluding carboxylic acids is 3. The zero-order valence-electron chi connectivity index (χ0n) is 18.1. The lowest BCUT2D eigenvalue weighted by molar-refractivity contribution is -0.159. The average Bonchev–Trinajstić information content (AvgIpc) is 3.15. The Hall–Kier alpha value is -1.67. The number of fused-ring (bicyclic) bond motifs is 1. The smallest absolute Gasteiger partial charge is 0.312 e. The van der Waals surface area contributed by atoms with Gasteiger partial charge in [0.1, 0.15) is 17.6 Å². The molecule has 0 aromatic rings. The molecule has 2 N–H and O–H groups in total. The Morgan fingerprint density at radius 2 is 2.00 bits per heavy atom. The number of rotatable bonds is 7. The predicted octanol–water partition coefficient (Wildman–Crippen LogP) is 1.00. The van der Waals surface area contributed by atoms with Crippen LogP contribution in [0.15, 0.2) is 0 Å². The van der Waals surface area contributed by atoms with Gasteiger partial charge in [-0.3, -0.25) is 14.4 Å². The molecule has 5 atom stereocenters. The summed E-state index contributed by atoms with van der Waals surface area (Å²) in [6, 6.07) is -0.792. The van der Waals surface area contributed by atoms with Crippen molar-refractivity contribution in [3.05, 3.63) is 0 Å². The van der Waals surface area contributed by atoms with Crippen LogP contribution in [0.25, 0.3) is 0 Å². The van der Waals surface area contributed by atoms with E-state index in [4.69, 9.17) is 14.6 Å². The maximum atomic E-state index is 13.5.